The third-order valence-electron chi connectivity index (χ3n) is 6.73. The summed E-state index contributed by atoms with van der Waals surface area (Å²) in [7, 11) is 0. The minimum absolute atomic E-state index is 0. The Kier molecular flexibility index (Phi) is 3.53. The SMILES string of the molecule is C=CCN1CC[C@]23c4c5ccc(O)c4O[C@H]2C(=O)CC[C@@]3(O)C1C5.Cl. The van der Waals surface area contributed by atoms with Gasteiger partial charge in [0, 0.05) is 31.1 Å². The molecule has 134 valence electrons. The second kappa shape index (κ2) is 5.22. The number of benzene rings is 1. The Hall–Kier alpha value is -1.56. The third kappa shape index (κ3) is 1.74. The Balaban J connectivity index is 0.00000157. The van der Waals surface area contributed by atoms with Gasteiger partial charge in [-0.2, -0.15) is 0 Å². The van der Waals surface area contributed by atoms with E-state index >= 15 is 0 Å². The first-order valence-corrected chi connectivity index (χ1v) is 8.65. The highest BCUT2D eigenvalue weighted by Gasteiger charge is 2.72. The molecule has 5 nitrogen and oxygen atoms in total. The van der Waals surface area contributed by atoms with Gasteiger partial charge in [0.1, 0.15) is 0 Å². The number of phenols is 1. The van der Waals surface area contributed by atoms with Crippen LogP contribution in [0.5, 0.6) is 11.5 Å². The standard InChI is InChI=1S/C19H21NO4.ClH/c1-2-8-20-9-7-18-15-11-3-4-12(21)16(15)24-17(18)13(22)5-6-19(18,23)14(20)10-11;/h2-4,14,17,21,23H,1,5-10H2;1H/t14?,17-,18-,19+;/m0./s1. The van der Waals surface area contributed by atoms with E-state index in [-0.39, 0.29) is 30.0 Å². The molecule has 1 saturated carbocycles. The number of Topliss-reactive ketones (excluding diaryl/α,β-unsaturated/α-hetero) is 1. The Labute approximate surface area is 152 Å². The van der Waals surface area contributed by atoms with Gasteiger partial charge in [0.2, 0.25) is 0 Å². The van der Waals surface area contributed by atoms with Crippen molar-refractivity contribution in [3.8, 4) is 11.5 Å². The summed E-state index contributed by atoms with van der Waals surface area (Å²) >= 11 is 0. The molecule has 25 heavy (non-hydrogen) atoms. The zero-order valence-corrected chi connectivity index (χ0v) is 14.7. The molecule has 1 aromatic rings. The van der Waals surface area contributed by atoms with Crippen molar-refractivity contribution in [1.29, 1.82) is 0 Å². The molecule has 0 radical (unpaired) electrons. The van der Waals surface area contributed by atoms with E-state index in [1.165, 1.54) is 0 Å². The quantitative estimate of drug-likeness (QED) is 0.783. The Morgan fingerprint density at radius 1 is 1.40 bits per heavy atom. The molecule has 2 bridgehead atoms. The van der Waals surface area contributed by atoms with Crippen LogP contribution in [0, 0.1) is 0 Å². The maximum absolute atomic E-state index is 12.6. The summed E-state index contributed by atoms with van der Waals surface area (Å²) in [5, 5.41) is 22.1. The van der Waals surface area contributed by atoms with E-state index in [9.17, 15) is 15.0 Å². The lowest BCUT2D eigenvalue weighted by Gasteiger charge is -2.62. The first-order chi connectivity index (χ1) is 11.5. The van der Waals surface area contributed by atoms with Gasteiger partial charge >= 0.3 is 0 Å². The smallest absolute Gasteiger partial charge is 0.174 e. The van der Waals surface area contributed by atoms with E-state index in [1.54, 1.807) is 6.07 Å². The number of nitrogens with zero attached hydrogens (tertiary/aromatic N) is 1. The Bertz CT molecular complexity index is 781. The van der Waals surface area contributed by atoms with E-state index in [0.717, 1.165) is 24.2 Å². The first-order valence-electron chi connectivity index (χ1n) is 8.65. The molecule has 4 aliphatic rings. The highest BCUT2D eigenvalue weighted by atomic mass is 35.5. The number of carbonyl (C=O) groups is 1. The fourth-order valence-electron chi connectivity index (χ4n) is 5.80. The molecule has 2 heterocycles. The number of ether oxygens (including phenoxy) is 1. The number of aromatic hydroxyl groups is 1. The maximum Gasteiger partial charge on any atom is 0.174 e. The van der Waals surface area contributed by atoms with Gasteiger partial charge < -0.3 is 14.9 Å². The van der Waals surface area contributed by atoms with Crippen LogP contribution in [0.3, 0.4) is 0 Å². The van der Waals surface area contributed by atoms with Crippen LogP contribution in [0.1, 0.15) is 30.4 Å². The lowest BCUT2D eigenvalue weighted by atomic mass is 9.49. The average molecular weight is 364 g/mol. The molecular weight excluding hydrogens is 342 g/mol. The van der Waals surface area contributed by atoms with Crippen LogP contribution in [0.15, 0.2) is 24.8 Å². The second-order valence-corrected chi connectivity index (χ2v) is 7.56. The summed E-state index contributed by atoms with van der Waals surface area (Å²) in [5.74, 6) is 0.528. The molecule has 0 amide bonds. The second-order valence-electron chi connectivity index (χ2n) is 7.56. The van der Waals surface area contributed by atoms with E-state index < -0.39 is 17.1 Å². The van der Waals surface area contributed by atoms with Crippen LogP contribution in [0.25, 0.3) is 0 Å². The van der Waals surface area contributed by atoms with Crippen molar-refractivity contribution in [2.45, 2.75) is 48.8 Å². The molecule has 6 heteroatoms. The van der Waals surface area contributed by atoms with Crippen LogP contribution >= 0.6 is 12.4 Å². The number of ketones is 1. The average Bonchev–Trinajstić information content (AvgIpc) is 2.91. The van der Waals surface area contributed by atoms with Crippen LogP contribution in [0.2, 0.25) is 0 Å². The predicted octanol–water partition coefficient (Wildman–Crippen LogP) is 1.72. The molecule has 1 aromatic carbocycles. The van der Waals surface area contributed by atoms with Crippen molar-refractivity contribution in [3.05, 3.63) is 35.9 Å². The number of likely N-dealkylation sites (tertiary alicyclic amines) is 1. The minimum Gasteiger partial charge on any atom is -0.504 e. The molecule has 2 aliphatic carbocycles. The summed E-state index contributed by atoms with van der Waals surface area (Å²) in [4.78, 5) is 14.9. The topological polar surface area (TPSA) is 70.0 Å². The number of phenolic OH excluding ortho intramolecular Hbond substituents is 1. The van der Waals surface area contributed by atoms with Crippen molar-refractivity contribution in [2.24, 2.45) is 0 Å². The highest BCUT2D eigenvalue weighted by Crippen LogP contribution is 2.64. The molecule has 2 aliphatic heterocycles. The maximum atomic E-state index is 12.6. The first kappa shape index (κ1) is 16.9. The van der Waals surface area contributed by atoms with Gasteiger partial charge in [-0.1, -0.05) is 12.1 Å². The molecule has 5 rings (SSSR count). The lowest BCUT2D eigenvalue weighted by Crippen LogP contribution is -2.76. The van der Waals surface area contributed by atoms with Gasteiger partial charge in [-0.3, -0.25) is 9.69 Å². The molecule has 4 atom stereocenters. The van der Waals surface area contributed by atoms with Crippen molar-refractivity contribution in [1.82, 2.24) is 4.90 Å². The molecule has 2 fully saturated rings. The largest absolute Gasteiger partial charge is 0.504 e. The van der Waals surface area contributed by atoms with Crippen molar-refractivity contribution in [2.75, 3.05) is 13.1 Å². The van der Waals surface area contributed by atoms with Gasteiger partial charge in [-0.25, -0.2) is 0 Å². The fourth-order valence-corrected chi connectivity index (χ4v) is 5.80. The van der Waals surface area contributed by atoms with E-state index in [1.807, 2.05) is 12.1 Å². The van der Waals surface area contributed by atoms with Gasteiger partial charge in [0.05, 0.1) is 11.0 Å². The van der Waals surface area contributed by atoms with Crippen molar-refractivity contribution in [3.63, 3.8) is 0 Å². The number of aliphatic hydroxyl groups is 1. The molecule has 2 N–H and O–H groups in total. The molecule has 0 aromatic heterocycles. The molecule has 1 saturated heterocycles. The van der Waals surface area contributed by atoms with Crippen LogP contribution in [-0.2, 0) is 16.6 Å². The Morgan fingerprint density at radius 3 is 2.96 bits per heavy atom. The summed E-state index contributed by atoms with van der Waals surface area (Å²) in [5.41, 5.74) is 0.256. The van der Waals surface area contributed by atoms with E-state index in [2.05, 4.69) is 11.5 Å². The number of hydrogen-bond acceptors (Lipinski definition) is 5. The van der Waals surface area contributed by atoms with Gasteiger partial charge in [-0.05, 0) is 30.9 Å². The zero-order chi connectivity index (χ0) is 16.7. The summed E-state index contributed by atoms with van der Waals surface area (Å²) < 4.78 is 5.98. The van der Waals surface area contributed by atoms with Crippen molar-refractivity contribution >= 4 is 18.2 Å². The van der Waals surface area contributed by atoms with E-state index in [4.69, 9.17) is 4.74 Å². The Morgan fingerprint density at radius 2 is 2.20 bits per heavy atom. The predicted molar refractivity (Wildman–Crippen MR) is 94.5 cm³/mol. The number of hydrogen-bond donors (Lipinski definition) is 2. The summed E-state index contributed by atoms with van der Waals surface area (Å²) in [6, 6.07) is 3.52. The summed E-state index contributed by atoms with van der Waals surface area (Å²) in [6.45, 7) is 5.36. The normalized spacial score (nSPS) is 37.7. The highest BCUT2D eigenvalue weighted by molar-refractivity contribution is 5.90. The molecule has 1 spiro atoms. The van der Waals surface area contributed by atoms with Crippen LogP contribution < -0.4 is 4.74 Å². The lowest BCUT2D eigenvalue weighted by molar-refractivity contribution is -0.187. The van der Waals surface area contributed by atoms with Crippen LogP contribution in [-0.4, -0.2) is 51.7 Å². The monoisotopic (exact) mass is 363 g/mol. The molecular formula is C19H22ClNO4. The molecule has 1 unspecified atom stereocenters. The van der Waals surface area contributed by atoms with E-state index in [0.29, 0.717) is 31.4 Å². The van der Waals surface area contributed by atoms with Gasteiger partial charge in [-0.15, -0.1) is 19.0 Å². The number of rotatable bonds is 2. The minimum atomic E-state index is -1.00. The zero-order valence-electron chi connectivity index (χ0n) is 13.9. The number of carbonyl (C=O) groups excluding carboxylic acids is 1. The summed E-state index contributed by atoms with van der Waals surface area (Å²) in [6.07, 6.45) is 3.35. The third-order valence-corrected chi connectivity index (χ3v) is 6.73. The van der Waals surface area contributed by atoms with Crippen molar-refractivity contribution < 1.29 is 19.7 Å². The van der Waals surface area contributed by atoms with Crippen LogP contribution in [0.4, 0.5) is 0 Å². The number of halogens is 1. The fraction of sp³-hybridized carbons (Fsp3) is 0.526. The van der Waals surface area contributed by atoms with Gasteiger partial charge in [0.25, 0.3) is 0 Å². The van der Waals surface area contributed by atoms with Gasteiger partial charge in [0.15, 0.2) is 23.4 Å². The number of piperidine rings is 1.